The van der Waals surface area contributed by atoms with Gasteiger partial charge in [0.2, 0.25) is 11.8 Å². The number of aliphatic hydroxyl groups is 1. The van der Waals surface area contributed by atoms with E-state index in [4.69, 9.17) is 4.74 Å². The molecule has 1 aromatic carbocycles. The molecule has 0 saturated heterocycles. The molecule has 1 rings (SSSR count). The minimum Gasteiger partial charge on any atom is -0.444 e. The smallest absolute Gasteiger partial charge is 0.408 e. The normalized spacial score (nSPS) is 13.7. The number of amides is 3. The molecule has 0 saturated carbocycles. The fourth-order valence-electron chi connectivity index (χ4n) is 2.93. The summed E-state index contributed by atoms with van der Waals surface area (Å²) in [4.78, 5) is 39.6. The van der Waals surface area contributed by atoms with Crippen molar-refractivity contribution in [2.24, 2.45) is 0 Å². The molecule has 3 N–H and O–H groups in total. The van der Waals surface area contributed by atoms with Crippen molar-refractivity contribution in [3.63, 3.8) is 0 Å². The van der Waals surface area contributed by atoms with E-state index in [2.05, 4.69) is 10.6 Å². The van der Waals surface area contributed by atoms with Gasteiger partial charge in [-0.05, 0) is 72.1 Å². The van der Waals surface area contributed by atoms with Crippen LogP contribution < -0.4 is 10.6 Å². The Morgan fingerprint density at radius 3 is 2.10 bits per heavy atom. The lowest BCUT2D eigenvalue weighted by atomic mass is 9.98. The Morgan fingerprint density at radius 1 is 1.06 bits per heavy atom. The van der Waals surface area contributed by atoms with Crippen LogP contribution in [-0.2, 0) is 14.3 Å². The third-order valence-electron chi connectivity index (χ3n) is 4.50. The lowest BCUT2D eigenvalue weighted by molar-refractivity contribution is -0.142. The molecule has 0 bridgehead atoms. The number of aliphatic hydroxyl groups excluding tert-OH is 1. The molecule has 0 aliphatic heterocycles. The highest BCUT2D eigenvalue weighted by Crippen LogP contribution is 2.24. The first-order chi connectivity index (χ1) is 14.1. The van der Waals surface area contributed by atoms with E-state index in [1.54, 1.807) is 26.8 Å². The molecule has 2 atom stereocenters. The Balaban J connectivity index is 3.23. The van der Waals surface area contributed by atoms with Gasteiger partial charge >= 0.3 is 6.09 Å². The summed E-state index contributed by atoms with van der Waals surface area (Å²) in [5.41, 5.74) is 1.41. The number of carbonyl (C=O) groups excluding carboxylic acids is 3. The van der Waals surface area contributed by atoms with Gasteiger partial charge in [-0.1, -0.05) is 18.2 Å². The number of ether oxygens (including phenoxy) is 1. The first kappa shape index (κ1) is 26.4. The van der Waals surface area contributed by atoms with Crippen LogP contribution in [0.15, 0.2) is 18.2 Å². The Labute approximate surface area is 185 Å². The Bertz CT molecular complexity index is 808. The highest BCUT2D eigenvalue weighted by molar-refractivity contribution is 5.92. The molecule has 3 amide bonds. The SMILES string of the molecule is Cc1ccc(C(C(=O)NC(C)(C)C)N(C)C(=O)C(CO)NC(=O)OC(C)(C)C)cc1C. The van der Waals surface area contributed by atoms with Gasteiger partial charge in [-0.3, -0.25) is 9.59 Å². The minimum atomic E-state index is -1.25. The van der Waals surface area contributed by atoms with Crippen LogP contribution in [0.1, 0.15) is 64.3 Å². The predicted octanol–water partition coefficient (Wildman–Crippen LogP) is 2.60. The second-order valence-corrected chi connectivity index (χ2v) is 9.82. The van der Waals surface area contributed by atoms with Crippen molar-refractivity contribution in [3.05, 3.63) is 34.9 Å². The van der Waals surface area contributed by atoms with Crippen molar-refractivity contribution in [2.45, 2.75) is 78.6 Å². The molecule has 0 aliphatic rings. The van der Waals surface area contributed by atoms with Crippen LogP contribution in [0.2, 0.25) is 0 Å². The third-order valence-corrected chi connectivity index (χ3v) is 4.50. The summed E-state index contributed by atoms with van der Waals surface area (Å²) < 4.78 is 5.18. The molecule has 1 aromatic rings. The van der Waals surface area contributed by atoms with Crippen molar-refractivity contribution >= 4 is 17.9 Å². The topological polar surface area (TPSA) is 108 Å². The van der Waals surface area contributed by atoms with Gasteiger partial charge in [0.25, 0.3) is 0 Å². The summed E-state index contributed by atoms with van der Waals surface area (Å²) in [6.07, 6.45) is -0.824. The molecule has 0 aliphatic carbocycles. The molecule has 0 aromatic heterocycles. The number of aryl methyl sites for hydroxylation is 2. The lowest BCUT2D eigenvalue weighted by Crippen LogP contribution is -2.54. The zero-order valence-corrected chi connectivity index (χ0v) is 20.1. The van der Waals surface area contributed by atoms with E-state index >= 15 is 0 Å². The van der Waals surface area contributed by atoms with E-state index < -0.39 is 41.8 Å². The molecular formula is C23H37N3O5. The number of rotatable bonds is 6. The highest BCUT2D eigenvalue weighted by atomic mass is 16.6. The van der Waals surface area contributed by atoms with Gasteiger partial charge in [0, 0.05) is 12.6 Å². The summed E-state index contributed by atoms with van der Waals surface area (Å²) in [5.74, 6) is -0.971. The molecule has 8 heteroatoms. The van der Waals surface area contributed by atoms with Crippen molar-refractivity contribution < 1.29 is 24.2 Å². The summed E-state index contributed by atoms with van der Waals surface area (Å²) in [5, 5.41) is 15.0. The molecule has 174 valence electrons. The van der Waals surface area contributed by atoms with Gasteiger partial charge in [0.05, 0.1) is 6.61 Å². The predicted molar refractivity (Wildman–Crippen MR) is 120 cm³/mol. The molecule has 0 radical (unpaired) electrons. The largest absolute Gasteiger partial charge is 0.444 e. The van der Waals surface area contributed by atoms with Crippen LogP contribution in [0, 0.1) is 13.8 Å². The van der Waals surface area contributed by atoms with Crippen LogP contribution >= 0.6 is 0 Å². The van der Waals surface area contributed by atoms with Crippen LogP contribution in [0.3, 0.4) is 0 Å². The highest BCUT2D eigenvalue weighted by Gasteiger charge is 2.35. The summed E-state index contributed by atoms with van der Waals surface area (Å²) in [6.45, 7) is 13.9. The Kier molecular flexibility index (Phi) is 8.64. The first-order valence-electron chi connectivity index (χ1n) is 10.3. The number of nitrogens with one attached hydrogen (secondary N) is 2. The summed E-state index contributed by atoms with van der Waals surface area (Å²) in [7, 11) is 1.48. The van der Waals surface area contributed by atoms with Crippen LogP contribution in [0.5, 0.6) is 0 Å². The summed E-state index contributed by atoms with van der Waals surface area (Å²) >= 11 is 0. The van der Waals surface area contributed by atoms with Crippen molar-refractivity contribution in [3.8, 4) is 0 Å². The van der Waals surface area contributed by atoms with Crippen molar-refractivity contribution in [1.82, 2.24) is 15.5 Å². The number of benzene rings is 1. The fraction of sp³-hybridized carbons (Fsp3) is 0.609. The average Bonchev–Trinajstić information content (AvgIpc) is 2.59. The minimum absolute atomic E-state index is 0.361. The van der Waals surface area contributed by atoms with Gasteiger partial charge in [-0.2, -0.15) is 0 Å². The van der Waals surface area contributed by atoms with E-state index in [-0.39, 0.29) is 5.91 Å². The first-order valence-corrected chi connectivity index (χ1v) is 10.3. The maximum absolute atomic E-state index is 13.1. The van der Waals surface area contributed by atoms with Crippen molar-refractivity contribution in [1.29, 1.82) is 0 Å². The second kappa shape index (κ2) is 10.1. The standard InChI is InChI=1S/C23H37N3O5/c1-14-10-11-16(12-15(14)2)18(19(28)25-22(3,4)5)26(9)20(29)17(13-27)24-21(30)31-23(6,7)8/h10-12,17-18,27H,13H2,1-9H3,(H,24,30)(H,25,28). The number of alkyl carbamates (subject to hydrolysis) is 1. The summed E-state index contributed by atoms with van der Waals surface area (Å²) in [6, 6.07) is 3.36. The van der Waals surface area contributed by atoms with E-state index in [0.29, 0.717) is 5.56 Å². The van der Waals surface area contributed by atoms with Gasteiger partial charge < -0.3 is 25.4 Å². The van der Waals surface area contributed by atoms with Gasteiger partial charge in [-0.15, -0.1) is 0 Å². The monoisotopic (exact) mass is 435 g/mol. The zero-order chi connectivity index (χ0) is 24.1. The van der Waals surface area contributed by atoms with Gasteiger partial charge in [0.1, 0.15) is 17.7 Å². The number of likely N-dealkylation sites (N-methyl/N-ethyl adjacent to an activating group) is 1. The Hall–Kier alpha value is -2.61. The molecule has 0 fully saturated rings. The van der Waals surface area contributed by atoms with Gasteiger partial charge in [0.15, 0.2) is 0 Å². The number of carbonyl (C=O) groups is 3. The van der Waals surface area contributed by atoms with E-state index in [0.717, 1.165) is 11.1 Å². The maximum atomic E-state index is 13.1. The molecular weight excluding hydrogens is 398 g/mol. The number of hydrogen-bond acceptors (Lipinski definition) is 5. The van der Waals surface area contributed by atoms with Gasteiger partial charge in [-0.25, -0.2) is 4.79 Å². The molecule has 8 nitrogen and oxygen atoms in total. The maximum Gasteiger partial charge on any atom is 0.408 e. The zero-order valence-electron chi connectivity index (χ0n) is 20.1. The van der Waals surface area contributed by atoms with Crippen LogP contribution in [-0.4, -0.2) is 58.8 Å². The van der Waals surface area contributed by atoms with Crippen molar-refractivity contribution in [2.75, 3.05) is 13.7 Å². The van der Waals surface area contributed by atoms with Crippen LogP contribution in [0.25, 0.3) is 0 Å². The van der Waals surface area contributed by atoms with E-state index in [1.165, 1.54) is 11.9 Å². The lowest BCUT2D eigenvalue weighted by Gasteiger charge is -2.33. The number of hydrogen-bond donors (Lipinski definition) is 3. The van der Waals surface area contributed by atoms with E-state index in [9.17, 15) is 19.5 Å². The van der Waals surface area contributed by atoms with E-state index in [1.807, 2.05) is 46.8 Å². The average molecular weight is 436 g/mol. The molecule has 0 heterocycles. The molecule has 31 heavy (non-hydrogen) atoms. The molecule has 2 unspecified atom stereocenters. The van der Waals surface area contributed by atoms with Crippen LogP contribution in [0.4, 0.5) is 4.79 Å². The quantitative estimate of drug-likeness (QED) is 0.637. The fourth-order valence-corrected chi connectivity index (χ4v) is 2.93. The Morgan fingerprint density at radius 2 is 1.65 bits per heavy atom. The second-order valence-electron chi connectivity index (χ2n) is 9.82. The third kappa shape index (κ3) is 8.20. The number of nitrogens with zero attached hydrogens (tertiary/aromatic N) is 1. The molecule has 0 spiro atoms.